The molecule has 1 aromatic heterocycles. The average Bonchev–Trinajstić information content (AvgIpc) is 3.30. The van der Waals surface area contributed by atoms with E-state index in [0.29, 0.717) is 11.4 Å². The summed E-state index contributed by atoms with van der Waals surface area (Å²) >= 11 is 0. The summed E-state index contributed by atoms with van der Waals surface area (Å²) in [6.07, 6.45) is 1.01. The van der Waals surface area contributed by atoms with Crippen LogP contribution >= 0.6 is 0 Å². The van der Waals surface area contributed by atoms with E-state index in [4.69, 9.17) is 9.92 Å². The van der Waals surface area contributed by atoms with Crippen molar-refractivity contribution in [1.82, 2.24) is 9.97 Å². The zero-order valence-corrected chi connectivity index (χ0v) is 25.7. The Labute approximate surface area is 247 Å². The van der Waals surface area contributed by atoms with Crippen LogP contribution in [0.5, 0.6) is 5.75 Å². The molecule has 0 aliphatic carbocycles. The van der Waals surface area contributed by atoms with E-state index in [1.165, 1.54) is 16.7 Å². The molecule has 0 fully saturated rings. The summed E-state index contributed by atoms with van der Waals surface area (Å²) in [5.41, 5.74) is 16.4. The number of imidazole rings is 1. The Morgan fingerprint density at radius 1 is 0.786 bits per heavy atom. The van der Waals surface area contributed by atoms with Crippen LogP contribution in [0.25, 0.3) is 22.4 Å². The van der Waals surface area contributed by atoms with Crippen molar-refractivity contribution in [1.29, 1.82) is 0 Å². The van der Waals surface area contributed by atoms with E-state index in [0.717, 1.165) is 50.9 Å². The van der Waals surface area contributed by atoms with Crippen LogP contribution in [-0.4, -0.2) is 30.5 Å². The van der Waals surface area contributed by atoms with E-state index in [1.807, 2.05) is 64.1 Å². The Bertz CT molecular complexity index is 1890. The van der Waals surface area contributed by atoms with Crippen molar-refractivity contribution in [3.05, 3.63) is 106 Å². The molecule has 0 radical (unpaired) electrons. The summed E-state index contributed by atoms with van der Waals surface area (Å²) in [7, 11) is -3.61. The maximum Gasteiger partial charge on any atom is 0.306 e. The van der Waals surface area contributed by atoms with Crippen LogP contribution < -0.4 is 15.2 Å². The van der Waals surface area contributed by atoms with Gasteiger partial charge in [0.25, 0.3) is 5.91 Å². The van der Waals surface area contributed by atoms with Crippen LogP contribution in [-0.2, 0) is 10.1 Å². The second-order valence-corrected chi connectivity index (χ2v) is 12.2. The highest BCUT2D eigenvalue weighted by atomic mass is 32.2. The molecular formula is C33H36N4O4S. The number of aryl methyl sites for hydroxylation is 6. The van der Waals surface area contributed by atoms with E-state index >= 15 is 0 Å². The Balaban J connectivity index is 0.000000385. The lowest BCUT2D eigenvalue weighted by Crippen LogP contribution is -2.11. The molecular weight excluding hydrogens is 548 g/mol. The second-order valence-electron chi connectivity index (χ2n) is 10.6. The predicted octanol–water partition coefficient (Wildman–Crippen LogP) is 6.94. The standard InChI is InChI=1S/C25H25N3O4S.C8H11N/c1-14-6-8-19(10-15(14)2)26-25(29)18-7-9-21-22(13-18)28-24(27-21)23-16(3)11-20(12-17(23)4)32-33(5,30)31;1-6-3-4-8(9)5-7(6)2/h6-13H,1-5H3,(H,26,29)(H,27,28);3-5H,9H2,1-2H3. The van der Waals surface area contributed by atoms with Gasteiger partial charge in [0.05, 0.1) is 17.3 Å². The van der Waals surface area contributed by atoms with Crippen LogP contribution in [0.4, 0.5) is 11.4 Å². The van der Waals surface area contributed by atoms with Gasteiger partial charge in [0, 0.05) is 22.5 Å². The summed E-state index contributed by atoms with van der Waals surface area (Å²) < 4.78 is 27.9. The Morgan fingerprint density at radius 3 is 1.98 bits per heavy atom. The molecule has 4 N–H and O–H groups in total. The first-order chi connectivity index (χ1) is 19.7. The van der Waals surface area contributed by atoms with Crippen molar-refractivity contribution >= 4 is 38.4 Å². The molecule has 0 atom stereocenters. The third-order valence-electron chi connectivity index (χ3n) is 7.03. The molecule has 0 aliphatic rings. The van der Waals surface area contributed by atoms with Crippen LogP contribution in [0.15, 0.2) is 66.7 Å². The SMILES string of the molecule is Cc1ccc(N)cc1C.Cc1ccc(NC(=O)c2ccc3nc(-c4c(C)cc(OS(C)(=O)=O)cc4C)[nH]c3c2)cc1C. The normalized spacial score (nSPS) is 11.1. The van der Waals surface area contributed by atoms with E-state index in [1.54, 1.807) is 30.3 Å². The molecule has 4 aromatic carbocycles. The molecule has 0 spiro atoms. The van der Waals surface area contributed by atoms with Gasteiger partial charge in [-0.3, -0.25) is 4.79 Å². The second kappa shape index (κ2) is 12.1. The van der Waals surface area contributed by atoms with Gasteiger partial charge in [0.15, 0.2) is 0 Å². The molecule has 42 heavy (non-hydrogen) atoms. The molecule has 9 heteroatoms. The lowest BCUT2D eigenvalue weighted by atomic mass is 10.0. The molecule has 0 saturated heterocycles. The number of anilines is 2. The fraction of sp³-hybridized carbons (Fsp3) is 0.212. The monoisotopic (exact) mass is 584 g/mol. The van der Waals surface area contributed by atoms with Gasteiger partial charge in [-0.1, -0.05) is 12.1 Å². The number of carbonyl (C=O) groups is 1. The Kier molecular flexibility index (Phi) is 8.72. The zero-order valence-electron chi connectivity index (χ0n) is 24.9. The average molecular weight is 585 g/mol. The van der Waals surface area contributed by atoms with Gasteiger partial charge in [-0.2, -0.15) is 8.42 Å². The van der Waals surface area contributed by atoms with Crippen LogP contribution in [0.2, 0.25) is 0 Å². The summed E-state index contributed by atoms with van der Waals surface area (Å²) in [6, 6.07) is 20.4. The number of nitrogens with zero attached hydrogens (tertiary/aromatic N) is 1. The molecule has 1 heterocycles. The van der Waals surface area contributed by atoms with Crippen molar-refractivity contribution in [2.45, 2.75) is 41.5 Å². The van der Waals surface area contributed by atoms with E-state index < -0.39 is 10.1 Å². The number of nitrogen functional groups attached to an aromatic ring is 1. The molecule has 0 aliphatic heterocycles. The van der Waals surface area contributed by atoms with Crippen molar-refractivity contribution in [3.8, 4) is 17.1 Å². The number of nitrogens with one attached hydrogen (secondary N) is 2. The molecule has 0 unspecified atom stereocenters. The van der Waals surface area contributed by atoms with E-state index in [2.05, 4.69) is 29.1 Å². The maximum atomic E-state index is 12.8. The smallest absolute Gasteiger partial charge is 0.306 e. The topological polar surface area (TPSA) is 127 Å². The number of amides is 1. The molecule has 218 valence electrons. The van der Waals surface area contributed by atoms with E-state index in [9.17, 15) is 13.2 Å². The minimum atomic E-state index is -3.61. The van der Waals surface area contributed by atoms with Crippen molar-refractivity contribution in [2.24, 2.45) is 0 Å². The van der Waals surface area contributed by atoms with Crippen molar-refractivity contribution in [3.63, 3.8) is 0 Å². The first-order valence-electron chi connectivity index (χ1n) is 13.4. The number of aromatic nitrogens is 2. The highest BCUT2D eigenvalue weighted by Gasteiger charge is 2.16. The highest BCUT2D eigenvalue weighted by molar-refractivity contribution is 7.86. The molecule has 5 aromatic rings. The Morgan fingerprint density at radius 2 is 1.40 bits per heavy atom. The number of carbonyl (C=O) groups excluding carboxylic acids is 1. The van der Waals surface area contributed by atoms with Gasteiger partial charge in [-0.15, -0.1) is 0 Å². The zero-order chi connectivity index (χ0) is 30.8. The van der Waals surface area contributed by atoms with Gasteiger partial charge in [-0.05, 0) is 130 Å². The minimum absolute atomic E-state index is 0.203. The quantitative estimate of drug-likeness (QED) is 0.152. The number of benzene rings is 4. The fourth-order valence-corrected chi connectivity index (χ4v) is 5.02. The molecule has 0 bridgehead atoms. The lowest BCUT2D eigenvalue weighted by Gasteiger charge is -2.10. The first kappa shape index (κ1) is 30.3. The molecule has 8 nitrogen and oxygen atoms in total. The Hall–Kier alpha value is -4.63. The van der Waals surface area contributed by atoms with E-state index in [-0.39, 0.29) is 11.7 Å². The number of nitrogens with two attached hydrogens (primary N) is 1. The molecule has 1 amide bonds. The summed E-state index contributed by atoms with van der Waals surface area (Å²) in [6.45, 7) is 11.9. The van der Waals surface area contributed by atoms with Crippen LogP contribution in [0, 0.1) is 41.5 Å². The van der Waals surface area contributed by atoms with Gasteiger partial charge >= 0.3 is 10.1 Å². The third kappa shape index (κ3) is 7.36. The summed E-state index contributed by atoms with van der Waals surface area (Å²) in [4.78, 5) is 20.7. The van der Waals surface area contributed by atoms with Crippen molar-refractivity contribution < 1.29 is 17.4 Å². The van der Waals surface area contributed by atoms with Crippen molar-refractivity contribution in [2.75, 3.05) is 17.3 Å². The van der Waals surface area contributed by atoms with Crippen LogP contribution in [0.3, 0.4) is 0 Å². The van der Waals surface area contributed by atoms with Gasteiger partial charge in [0.2, 0.25) is 0 Å². The lowest BCUT2D eigenvalue weighted by molar-refractivity contribution is 0.102. The van der Waals surface area contributed by atoms with Gasteiger partial charge < -0.3 is 20.2 Å². The fourth-order valence-electron chi connectivity index (χ4n) is 4.58. The number of fused-ring (bicyclic) bond motifs is 1. The summed E-state index contributed by atoms with van der Waals surface area (Å²) in [5, 5.41) is 2.94. The predicted molar refractivity (Wildman–Crippen MR) is 171 cm³/mol. The number of aromatic amines is 1. The highest BCUT2D eigenvalue weighted by Crippen LogP contribution is 2.31. The summed E-state index contributed by atoms with van der Waals surface area (Å²) in [5.74, 6) is 0.696. The maximum absolute atomic E-state index is 12.8. The number of H-pyrrole nitrogens is 1. The van der Waals surface area contributed by atoms with Gasteiger partial charge in [0.1, 0.15) is 11.6 Å². The first-order valence-corrected chi connectivity index (χ1v) is 15.2. The molecule has 5 rings (SSSR count). The largest absolute Gasteiger partial charge is 0.399 e. The third-order valence-corrected chi connectivity index (χ3v) is 7.53. The minimum Gasteiger partial charge on any atom is -0.399 e. The number of rotatable bonds is 5. The number of hydrogen-bond donors (Lipinski definition) is 3. The van der Waals surface area contributed by atoms with Gasteiger partial charge in [-0.25, -0.2) is 4.98 Å². The van der Waals surface area contributed by atoms with Crippen LogP contribution in [0.1, 0.15) is 43.7 Å². The number of hydrogen-bond acceptors (Lipinski definition) is 6. The molecule has 0 saturated carbocycles.